The number of fused-ring (bicyclic) bond motifs is 1. The largest absolute Gasteiger partial charge is 0.480 e. The van der Waals surface area contributed by atoms with Crippen molar-refractivity contribution in [1.82, 2.24) is 10.6 Å². The molecule has 1 heterocycles. The molecule has 5 nitrogen and oxygen atoms in total. The zero-order valence-corrected chi connectivity index (χ0v) is 10.9. The Morgan fingerprint density at radius 3 is 2.89 bits per heavy atom. The van der Waals surface area contributed by atoms with Crippen molar-refractivity contribution in [3.8, 4) is 0 Å². The standard InChI is InChI=1S/C14H18N2O3/c1-2-12(14(18)19)16-13(17)10-3-4-11-8-15-6-5-9(11)7-10/h3-4,7,12,15H,2,5-6,8H2,1H3,(H,16,17)(H,18,19). The Morgan fingerprint density at radius 2 is 2.21 bits per heavy atom. The van der Waals surface area contributed by atoms with Crippen molar-refractivity contribution in [2.24, 2.45) is 0 Å². The lowest BCUT2D eigenvalue weighted by molar-refractivity contribution is -0.139. The Balaban J connectivity index is 2.13. The van der Waals surface area contributed by atoms with Crippen LogP contribution in [0.4, 0.5) is 0 Å². The van der Waals surface area contributed by atoms with Gasteiger partial charge in [0.1, 0.15) is 6.04 Å². The molecular weight excluding hydrogens is 244 g/mol. The van der Waals surface area contributed by atoms with Crippen LogP contribution < -0.4 is 10.6 Å². The van der Waals surface area contributed by atoms with Gasteiger partial charge in [-0.05, 0) is 42.6 Å². The number of hydrogen-bond acceptors (Lipinski definition) is 3. The van der Waals surface area contributed by atoms with Crippen LogP contribution in [0.25, 0.3) is 0 Å². The molecule has 1 aromatic rings. The van der Waals surface area contributed by atoms with E-state index in [0.29, 0.717) is 12.0 Å². The number of nitrogens with one attached hydrogen (secondary N) is 2. The van der Waals surface area contributed by atoms with Gasteiger partial charge in [0.15, 0.2) is 0 Å². The lowest BCUT2D eigenvalue weighted by Crippen LogP contribution is -2.40. The second-order valence-electron chi connectivity index (χ2n) is 4.68. The van der Waals surface area contributed by atoms with Crippen molar-refractivity contribution < 1.29 is 14.7 Å². The van der Waals surface area contributed by atoms with Crippen molar-refractivity contribution in [3.05, 3.63) is 34.9 Å². The predicted molar refractivity (Wildman–Crippen MR) is 71.0 cm³/mol. The van der Waals surface area contributed by atoms with Crippen LogP contribution in [0.3, 0.4) is 0 Å². The summed E-state index contributed by atoms with van der Waals surface area (Å²) in [4.78, 5) is 22.9. The van der Waals surface area contributed by atoms with Crippen molar-refractivity contribution in [1.29, 1.82) is 0 Å². The number of carboxylic acid groups (broad SMARTS) is 1. The fourth-order valence-electron chi connectivity index (χ4n) is 2.20. The molecule has 0 spiro atoms. The molecule has 0 aromatic heterocycles. The van der Waals surface area contributed by atoms with E-state index in [4.69, 9.17) is 5.11 Å². The van der Waals surface area contributed by atoms with Gasteiger partial charge in [0.2, 0.25) is 0 Å². The van der Waals surface area contributed by atoms with E-state index in [2.05, 4.69) is 10.6 Å². The van der Waals surface area contributed by atoms with Gasteiger partial charge in [-0.3, -0.25) is 4.79 Å². The molecule has 1 aliphatic heterocycles. The SMILES string of the molecule is CCC(NC(=O)c1ccc2c(c1)CCNC2)C(=O)O. The molecule has 0 bridgehead atoms. The van der Waals surface area contributed by atoms with Gasteiger partial charge < -0.3 is 15.7 Å². The van der Waals surface area contributed by atoms with Gasteiger partial charge in [-0.25, -0.2) is 4.79 Å². The average Bonchev–Trinajstić information content (AvgIpc) is 2.43. The van der Waals surface area contributed by atoms with Crippen molar-refractivity contribution in [3.63, 3.8) is 0 Å². The third-order valence-electron chi connectivity index (χ3n) is 3.37. The molecule has 1 aliphatic rings. The minimum atomic E-state index is -1.00. The van der Waals surface area contributed by atoms with Crippen LogP contribution in [0, 0.1) is 0 Å². The third-order valence-corrected chi connectivity index (χ3v) is 3.37. The molecule has 5 heteroatoms. The number of carbonyl (C=O) groups is 2. The second kappa shape index (κ2) is 5.84. The smallest absolute Gasteiger partial charge is 0.326 e. The number of benzene rings is 1. The molecule has 0 saturated carbocycles. The van der Waals surface area contributed by atoms with Crippen LogP contribution in [-0.2, 0) is 17.8 Å². The van der Waals surface area contributed by atoms with Gasteiger partial charge in [-0.1, -0.05) is 13.0 Å². The van der Waals surface area contributed by atoms with Gasteiger partial charge in [-0.2, -0.15) is 0 Å². The molecule has 0 saturated heterocycles. The second-order valence-corrected chi connectivity index (χ2v) is 4.68. The first kappa shape index (κ1) is 13.5. The number of aliphatic carboxylic acids is 1. The van der Waals surface area contributed by atoms with Gasteiger partial charge in [-0.15, -0.1) is 0 Å². The monoisotopic (exact) mass is 262 g/mol. The topological polar surface area (TPSA) is 78.4 Å². The maximum absolute atomic E-state index is 12.0. The number of amides is 1. The average molecular weight is 262 g/mol. The highest BCUT2D eigenvalue weighted by atomic mass is 16.4. The van der Waals surface area contributed by atoms with E-state index in [1.807, 2.05) is 12.1 Å². The van der Waals surface area contributed by atoms with Crippen molar-refractivity contribution >= 4 is 11.9 Å². The normalized spacial score (nSPS) is 15.4. The Morgan fingerprint density at radius 1 is 1.42 bits per heavy atom. The summed E-state index contributed by atoms with van der Waals surface area (Å²) >= 11 is 0. The molecule has 1 aromatic carbocycles. The van der Waals surface area contributed by atoms with Crippen LogP contribution in [0.2, 0.25) is 0 Å². The first-order valence-electron chi connectivity index (χ1n) is 6.48. The summed E-state index contributed by atoms with van der Waals surface area (Å²) < 4.78 is 0. The number of carboxylic acids is 1. The predicted octanol–water partition coefficient (Wildman–Crippen LogP) is 0.925. The first-order chi connectivity index (χ1) is 9.11. The van der Waals surface area contributed by atoms with E-state index in [0.717, 1.165) is 25.1 Å². The molecular formula is C14H18N2O3. The Hall–Kier alpha value is -1.88. The van der Waals surface area contributed by atoms with E-state index < -0.39 is 12.0 Å². The Kier molecular flexibility index (Phi) is 4.16. The van der Waals surface area contributed by atoms with Crippen LogP contribution in [0.15, 0.2) is 18.2 Å². The lowest BCUT2D eigenvalue weighted by atomic mass is 9.98. The van der Waals surface area contributed by atoms with Crippen LogP contribution in [-0.4, -0.2) is 29.6 Å². The summed E-state index contributed by atoms with van der Waals surface area (Å²) in [5.41, 5.74) is 2.89. The fourth-order valence-corrected chi connectivity index (χ4v) is 2.20. The minimum absolute atomic E-state index is 0.324. The molecule has 0 aliphatic carbocycles. The maximum Gasteiger partial charge on any atom is 0.326 e. The summed E-state index contributed by atoms with van der Waals surface area (Å²) in [6.45, 7) is 3.46. The third kappa shape index (κ3) is 3.12. The summed E-state index contributed by atoms with van der Waals surface area (Å²) in [6, 6.07) is 4.71. The van der Waals surface area contributed by atoms with Crippen LogP contribution >= 0.6 is 0 Å². The van der Waals surface area contributed by atoms with Gasteiger partial charge in [0.25, 0.3) is 5.91 Å². The lowest BCUT2D eigenvalue weighted by Gasteiger charge is -2.18. The highest BCUT2D eigenvalue weighted by Gasteiger charge is 2.19. The molecule has 1 unspecified atom stereocenters. The molecule has 1 atom stereocenters. The number of hydrogen-bond donors (Lipinski definition) is 3. The van der Waals surface area contributed by atoms with E-state index >= 15 is 0 Å². The highest BCUT2D eigenvalue weighted by molar-refractivity contribution is 5.96. The zero-order chi connectivity index (χ0) is 13.8. The van der Waals surface area contributed by atoms with E-state index in [1.165, 1.54) is 5.56 Å². The van der Waals surface area contributed by atoms with Gasteiger partial charge in [0.05, 0.1) is 0 Å². The zero-order valence-electron chi connectivity index (χ0n) is 10.9. The van der Waals surface area contributed by atoms with Crippen molar-refractivity contribution in [2.75, 3.05) is 6.54 Å². The molecule has 0 radical (unpaired) electrons. The minimum Gasteiger partial charge on any atom is -0.480 e. The molecule has 19 heavy (non-hydrogen) atoms. The Bertz CT molecular complexity index is 499. The van der Waals surface area contributed by atoms with Crippen molar-refractivity contribution in [2.45, 2.75) is 32.4 Å². The number of rotatable bonds is 4. The summed E-state index contributed by atoms with van der Waals surface area (Å²) in [5.74, 6) is -1.33. The van der Waals surface area contributed by atoms with Crippen LogP contribution in [0.1, 0.15) is 34.8 Å². The quantitative estimate of drug-likeness (QED) is 0.754. The Labute approximate surface area is 112 Å². The summed E-state index contributed by atoms with van der Waals surface area (Å²) in [7, 11) is 0. The molecule has 102 valence electrons. The summed E-state index contributed by atoms with van der Waals surface area (Å²) in [5, 5.41) is 14.7. The van der Waals surface area contributed by atoms with E-state index in [-0.39, 0.29) is 5.91 Å². The highest BCUT2D eigenvalue weighted by Crippen LogP contribution is 2.16. The maximum atomic E-state index is 12.0. The molecule has 2 rings (SSSR count). The molecule has 0 fully saturated rings. The van der Waals surface area contributed by atoms with Crippen LogP contribution in [0.5, 0.6) is 0 Å². The fraction of sp³-hybridized carbons (Fsp3) is 0.429. The van der Waals surface area contributed by atoms with Gasteiger partial charge >= 0.3 is 5.97 Å². The first-order valence-corrected chi connectivity index (χ1v) is 6.48. The summed E-state index contributed by atoms with van der Waals surface area (Å²) in [6.07, 6.45) is 1.27. The van der Waals surface area contributed by atoms with E-state index in [1.54, 1.807) is 13.0 Å². The molecule has 1 amide bonds. The number of carbonyl (C=O) groups excluding carboxylic acids is 1. The van der Waals surface area contributed by atoms with E-state index in [9.17, 15) is 9.59 Å². The van der Waals surface area contributed by atoms with Gasteiger partial charge in [0, 0.05) is 12.1 Å². The molecule has 3 N–H and O–H groups in total.